The second-order valence-electron chi connectivity index (χ2n) is 4.34. The summed E-state index contributed by atoms with van der Waals surface area (Å²) >= 11 is 0. The van der Waals surface area contributed by atoms with E-state index in [1.165, 1.54) is 12.1 Å². The van der Waals surface area contributed by atoms with Gasteiger partial charge in [0.05, 0.1) is 17.1 Å². The molecule has 0 amide bonds. The number of benzene rings is 2. The molecule has 0 spiro atoms. The molecule has 0 fully saturated rings. The van der Waals surface area contributed by atoms with Gasteiger partial charge in [-0.15, -0.1) is 0 Å². The first-order chi connectivity index (χ1) is 10.3. The lowest BCUT2D eigenvalue weighted by molar-refractivity contribution is -0.385. The predicted molar refractivity (Wildman–Crippen MR) is 70.5 cm³/mol. The molecular formula is C14H10F3NO4. The molecule has 0 aliphatic rings. The highest BCUT2D eigenvalue weighted by Gasteiger charge is 2.30. The van der Waals surface area contributed by atoms with Crippen LogP contribution in [0, 0.1) is 10.1 Å². The molecule has 2 aromatic carbocycles. The molecule has 0 bridgehead atoms. The van der Waals surface area contributed by atoms with Crippen LogP contribution in [0.25, 0.3) is 0 Å². The third kappa shape index (κ3) is 3.53. The van der Waals surface area contributed by atoms with Crippen molar-refractivity contribution in [3.63, 3.8) is 0 Å². The zero-order valence-corrected chi connectivity index (χ0v) is 11.0. The molecule has 5 nitrogen and oxygen atoms in total. The highest BCUT2D eigenvalue weighted by molar-refractivity contribution is 5.50. The number of hydrogen-bond acceptors (Lipinski definition) is 4. The third-order valence-electron chi connectivity index (χ3n) is 2.81. The summed E-state index contributed by atoms with van der Waals surface area (Å²) < 4.78 is 42.6. The topological polar surface area (TPSA) is 72.6 Å². The van der Waals surface area contributed by atoms with E-state index in [0.717, 1.165) is 30.3 Å². The van der Waals surface area contributed by atoms with Gasteiger partial charge in [0, 0.05) is 6.07 Å². The molecule has 0 aliphatic heterocycles. The number of nitro groups is 1. The minimum Gasteiger partial charge on any atom is -0.450 e. The van der Waals surface area contributed by atoms with Crippen LogP contribution in [0.2, 0.25) is 0 Å². The van der Waals surface area contributed by atoms with E-state index in [2.05, 4.69) is 0 Å². The summed E-state index contributed by atoms with van der Waals surface area (Å²) in [5.41, 5.74) is -0.817. The van der Waals surface area contributed by atoms with Gasteiger partial charge >= 0.3 is 11.9 Å². The number of aliphatic hydroxyl groups is 1. The van der Waals surface area contributed by atoms with Crippen molar-refractivity contribution in [3.8, 4) is 11.5 Å². The number of nitro benzene ring substituents is 1. The Bertz CT molecular complexity index is 683. The van der Waals surface area contributed by atoms with Gasteiger partial charge in [-0.1, -0.05) is 0 Å². The number of hydrogen-bond donors (Lipinski definition) is 1. The maximum atomic E-state index is 12.5. The summed E-state index contributed by atoms with van der Waals surface area (Å²) in [7, 11) is 0. The van der Waals surface area contributed by atoms with Crippen LogP contribution in [0.3, 0.4) is 0 Å². The maximum absolute atomic E-state index is 12.5. The van der Waals surface area contributed by atoms with Crippen LogP contribution in [0.1, 0.15) is 11.1 Å². The lowest BCUT2D eigenvalue weighted by atomic mass is 10.2. The van der Waals surface area contributed by atoms with Crippen molar-refractivity contribution in [2.24, 2.45) is 0 Å². The first-order valence-electron chi connectivity index (χ1n) is 6.04. The van der Waals surface area contributed by atoms with Gasteiger partial charge in [-0.2, -0.15) is 13.2 Å². The van der Waals surface area contributed by atoms with Crippen molar-refractivity contribution >= 4 is 5.69 Å². The Hall–Kier alpha value is -2.61. The van der Waals surface area contributed by atoms with E-state index in [1.54, 1.807) is 0 Å². The monoisotopic (exact) mass is 313 g/mol. The highest BCUT2D eigenvalue weighted by Crippen LogP contribution is 2.34. The van der Waals surface area contributed by atoms with Gasteiger partial charge in [0.15, 0.2) is 0 Å². The molecule has 2 rings (SSSR count). The summed E-state index contributed by atoms with van der Waals surface area (Å²) in [6.45, 7) is -0.346. The van der Waals surface area contributed by atoms with E-state index in [0.29, 0.717) is 5.56 Å². The lowest BCUT2D eigenvalue weighted by Gasteiger charge is -2.10. The van der Waals surface area contributed by atoms with E-state index in [-0.39, 0.29) is 23.8 Å². The van der Waals surface area contributed by atoms with Gasteiger partial charge in [0.25, 0.3) is 0 Å². The van der Waals surface area contributed by atoms with E-state index in [1.807, 2.05) is 0 Å². The average molecular weight is 313 g/mol. The fourth-order valence-electron chi connectivity index (χ4n) is 1.73. The van der Waals surface area contributed by atoms with E-state index in [4.69, 9.17) is 9.84 Å². The van der Waals surface area contributed by atoms with Crippen LogP contribution in [0.15, 0.2) is 42.5 Å². The molecular weight excluding hydrogens is 303 g/mol. The molecule has 0 saturated carbocycles. The Labute approximate surface area is 122 Å². The zero-order chi connectivity index (χ0) is 16.3. The maximum Gasteiger partial charge on any atom is 0.416 e. The Morgan fingerprint density at radius 1 is 1.14 bits per heavy atom. The molecule has 22 heavy (non-hydrogen) atoms. The second kappa shape index (κ2) is 6.02. The molecule has 8 heteroatoms. The second-order valence-corrected chi connectivity index (χ2v) is 4.34. The molecule has 0 unspecified atom stereocenters. The molecule has 116 valence electrons. The normalized spacial score (nSPS) is 11.3. The van der Waals surface area contributed by atoms with Crippen LogP contribution >= 0.6 is 0 Å². The number of halogens is 3. The van der Waals surface area contributed by atoms with Crippen molar-refractivity contribution in [2.75, 3.05) is 0 Å². The molecule has 2 aromatic rings. The quantitative estimate of drug-likeness (QED) is 0.686. The van der Waals surface area contributed by atoms with Gasteiger partial charge in [-0.05, 0) is 42.0 Å². The Balaban J connectivity index is 2.32. The summed E-state index contributed by atoms with van der Waals surface area (Å²) in [4.78, 5) is 10.2. The molecule has 0 radical (unpaired) electrons. The molecule has 0 saturated heterocycles. The summed E-state index contributed by atoms with van der Waals surface area (Å²) in [5, 5.41) is 19.9. The molecule has 0 aromatic heterocycles. The minimum atomic E-state index is -4.47. The van der Waals surface area contributed by atoms with Crippen LogP contribution in [-0.2, 0) is 12.8 Å². The number of alkyl halides is 3. The van der Waals surface area contributed by atoms with Gasteiger partial charge < -0.3 is 9.84 Å². The van der Waals surface area contributed by atoms with E-state index in [9.17, 15) is 23.3 Å². The van der Waals surface area contributed by atoms with Crippen LogP contribution in [0.4, 0.5) is 18.9 Å². The fourth-order valence-corrected chi connectivity index (χ4v) is 1.73. The Morgan fingerprint density at radius 2 is 1.77 bits per heavy atom. The zero-order valence-electron chi connectivity index (χ0n) is 11.0. The smallest absolute Gasteiger partial charge is 0.416 e. The Kier molecular flexibility index (Phi) is 4.32. The largest absolute Gasteiger partial charge is 0.450 e. The van der Waals surface area contributed by atoms with E-state index >= 15 is 0 Å². The first-order valence-corrected chi connectivity index (χ1v) is 6.04. The Morgan fingerprint density at radius 3 is 2.27 bits per heavy atom. The summed E-state index contributed by atoms with van der Waals surface area (Å²) in [6, 6.07) is 7.54. The van der Waals surface area contributed by atoms with E-state index < -0.39 is 16.7 Å². The van der Waals surface area contributed by atoms with Crippen molar-refractivity contribution in [1.29, 1.82) is 0 Å². The fraction of sp³-hybridized carbons (Fsp3) is 0.143. The standard InChI is InChI=1S/C14H10F3NO4/c15-14(16,17)10-2-4-11(5-3-10)22-13-7-9(8-19)1-6-12(13)18(20)21/h1-7,19H,8H2. The van der Waals surface area contributed by atoms with Crippen LogP contribution in [-0.4, -0.2) is 10.0 Å². The van der Waals surface area contributed by atoms with Crippen LogP contribution in [0.5, 0.6) is 11.5 Å². The number of rotatable bonds is 4. The van der Waals surface area contributed by atoms with Crippen molar-refractivity contribution in [1.82, 2.24) is 0 Å². The van der Waals surface area contributed by atoms with Gasteiger partial charge in [0.1, 0.15) is 5.75 Å². The highest BCUT2D eigenvalue weighted by atomic mass is 19.4. The van der Waals surface area contributed by atoms with Gasteiger partial charge in [0.2, 0.25) is 5.75 Å². The number of ether oxygens (including phenoxy) is 1. The van der Waals surface area contributed by atoms with Gasteiger partial charge in [-0.3, -0.25) is 10.1 Å². The first kappa shape index (κ1) is 15.8. The SMILES string of the molecule is O=[N+]([O-])c1ccc(CO)cc1Oc1ccc(C(F)(F)F)cc1. The lowest BCUT2D eigenvalue weighted by Crippen LogP contribution is -2.04. The van der Waals surface area contributed by atoms with Crippen LogP contribution < -0.4 is 4.74 Å². The average Bonchev–Trinajstić information content (AvgIpc) is 2.46. The summed E-state index contributed by atoms with van der Waals surface area (Å²) in [5.74, 6) is -0.137. The molecule has 0 heterocycles. The molecule has 1 N–H and O–H groups in total. The minimum absolute atomic E-state index is 0.0196. The predicted octanol–water partition coefficient (Wildman–Crippen LogP) is 3.90. The van der Waals surface area contributed by atoms with Crippen molar-refractivity contribution in [2.45, 2.75) is 12.8 Å². The summed E-state index contributed by atoms with van der Waals surface area (Å²) in [6.07, 6.45) is -4.47. The van der Waals surface area contributed by atoms with Gasteiger partial charge in [-0.25, -0.2) is 0 Å². The molecule has 0 aliphatic carbocycles. The number of nitrogens with zero attached hydrogens (tertiary/aromatic N) is 1. The molecule has 0 atom stereocenters. The third-order valence-corrected chi connectivity index (χ3v) is 2.81. The van der Waals surface area contributed by atoms with Crippen molar-refractivity contribution in [3.05, 3.63) is 63.7 Å². The number of aliphatic hydroxyl groups excluding tert-OH is 1. The van der Waals surface area contributed by atoms with Crippen molar-refractivity contribution < 1.29 is 27.9 Å².